The molecule has 0 bridgehead atoms. The van der Waals surface area contributed by atoms with Crippen molar-refractivity contribution in [2.24, 2.45) is 5.92 Å². The Hall–Kier alpha value is -11.8. The fourth-order valence-electron chi connectivity index (χ4n) is 17.1. The van der Waals surface area contributed by atoms with Crippen molar-refractivity contribution in [2.45, 2.75) is 72.6 Å². The highest BCUT2D eigenvalue weighted by molar-refractivity contribution is 7.27. The first-order valence-corrected chi connectivity index (χ1v) is 41.7. The highest BCUT2D eigenvalue weighted by Gasteiger charge is 2.20. The van der Waals surface area contributed by atoms with E-state index >= 15 is 0 Å². The minimum Gasteiger partial charge on any atom is -0.135 e. The van der Waals surface area contributed by atoms with Gasteiger partial charge in [-0.15, -0.1) is 34.0 Å². The van der Waals surface area contributed by atoms with Crippen LogP contribution >= 0.6 is 34.0 Å². The zero-order valence-corrected chi connectivity index (χ0v) is 66.2. The van der Waals surface area contributed by atoms with E-state index in [1.54, 1.807) is 0 Å². The van der Waals surface area contributed by atoms with Gasteiger partial charge in [0.15, 0.2) is 0 Å². The molecule has 21 aromatic rings. The van der Waals surface area contributed by atoms with Crippen molar-refractivity contribution in [1.29, 1.82) is 0 Å². The Bertz CT molecular complexity index is 7150. The van der Waals surface area contributed by atoms with E-state index < -0.39 is 0 Å². The summed E-state index contributed by atoms with van der Waals surface area (Å²) in [6.45, 7) is 16.0. The Kier molecular flexibility index (Phi) is 18.1. The molecule has 1 atom stereocenters. The molecule has 0 aliphatic carbocycles. The first kappa shape index (κ1) is 69.6. The number of fused-ring (bicyclic) bond motifs is 18. The summed E-state index contributed by atoms with van der Waals surface area (Å²) in [6.07, 6.45) is 2.27. The van der Waals surface area contributed by atoms with Gasteiger partial charge in [0.2, 0.25) is 0 Å². The standard InChI is InChI=1S/3C36H28S/c1-36(2,3)26-20-19-25-21-32(28-9-4-5-10-29(28)33(25)22-26)24-17-15-23(16-18-24)27-12-8-13-31-30-11-6-7-14-34(30)37-35(27)31;1-23(2)20-24-14-15-27-22-34(30-9-4-3-8-29(30)33(27)21-24)26-18-16-25(17-19-26)28-11-7-12-32-31-10-5-6-13-35(31)37-36(28)32;1-3-23(2)26-19-20-27-22-33(29-9-4-5-10-30(29)34(27)21-26)25-17-15-24(16-18-25)28-12-8-13-32-31-11-6-7-14-35(31)37-36(28)32/h4-22H,1-3H3;3-19,21-23H,20H2,1-2H3;4-23H,3H2,1-2H3. The zero-order chi connectivity index (χ0) is 75.0. The molecule has 0 fully saturated rings. The maximum absolute atomic E-state index is 2.41. The predicted octanol–water partition coefficient (Wildman–Crippen LogP) is 33.1. The molecule has 0 saturated heterocycles. The number of rotatable bonds is 10. The average molecular weight is 1480 g/mol. The number of hydrogen-bond acceptors (Lipinski definition) is 3. The van der Waals surface area contributed by atoms with E-state index in [0.717, 1.165) is 12.8 Å². The van der Waals surface area contributed by atoms with E-state index in [0.29, 0.717) is 11.8 Å². The first-order valence-electron chi connectivity index (χ1n) is 39.2. The molecule has 0 nitrogen and oxygen atoms in total. The molecule has 534 valence electrons. The fourth-order valence-corrected chi connectivity index (χ4v) is 20.8. The van der Waals surface area contributed by atoms with Crippen LogP contribution in [0.2, 0.25) is 0 Å². The molecule has 0 aliphatic heterocycles. The molecular weight excluding hydrogens is 1390 g/mol. The highest BCUT2D eigenvalue weighted by Crippen LogP contribution is 2.47. The molecule has 21 rings (SSSR count). The third-order valence-electron chi connectivity index (χ3n) is 23.1. The Balaban J connectivity index is 0.000000112. The second-order valence-electron chi connectivity index (χ2n) is 31.6. The van der Waals surface area contributed by atoms with Crippen LogP contribution in [0.5, 0.6) is 0 Å². The molecule has 3 aromatic heterocycles. The van der Waals surface area contributed by atoms with Gasteiger partial charge in [-0.25, -0.2) is 0 Å². The lowest BCUT2D eigenvalue weighted by Crippen LogP contribution is -2.10. The number of hydrogen-bond donors (Lipinski definition) is 0. The van der Waals surface area contributed by atoms with Crippen LogP contribution < -0.4 is 0 Å². The van der Waals surface area contributed by atoms with Gasteiger partial charge in [-0.2, -0.15) is 0 Å². The van der Waals surface area contributed by atoms with Crippen LogP contribution in [-0.2, 0) is 11.8 Å². The third-order valence-corrected chi connectivity index (χ3v) is 26.8. The van der Waals surface area contributed by atoms with Gasteiger partial charge < -0.3 is 0 Å². The largest absolute Gasteiger partial charge is 0.135 e. The molecule has 0 saturated carbocycles. The summed E-state index contributed by atoms with van der Waals surface area (Å²) in [5, 5.41) is 23.9. The van der Waals surface area contributed by atoms with Gasteiger partial charge in [-0.05, 0) is 215 Å². The maximum atomic E-state index is 2.41. The predicted molar refractivity (Wildman–Crippen MR) is 492 cm³/mol. The van der Waals surface area contributed by atoms with Crippen molar-refractivity contribution in [3.63, 3.8) is 0 Å². The summed E-state index contributed by atoms with van der Waals surface area (Å²) in [5.41, 5.74) is 19.7. The second-order valence-corrected chi connectivity index (χ2v) is 34.8. The van der Waals surface area contributed by atoms with Crippen molar-refractivity contribution in [1.82, 2.24) is 0 Å². The normalized spacial score (nSPS) is 12.2. The van der Waals surface area contributed by atoms with E-state index in [2.05, 4.69) is 394 Å². The molecule has 111 heavy (non-hydrogen) atoms. The molecule has 0 amide bonds. The van der Waals surface area contributed by atoms with E-state index in [-0.39, 0.29) is 5.41 Å². The molecule has 0 radical (unpaired) electrons. The van der Waals surface area contributed by atoms with Crippen molar-refractivity contribution in [2.75, 3.05) is 0 Å². The average Bonchev–Trinajstić information content (AvgIpc) is 1.63. The Labute approximate surface area is 661 Å². The van der Waals surface area contributed by atoms with Crippen LogP contribution in [0, 0.1) is 5.92 Å². The van der Waals surface area contributed by atoms with Gasteiger partial charge in [-0.1, -0.05) is 358 Å². The maximum Gasteiger partial charge on any atom is 0.0433 e. The lowest BCUT2D eigenvalue weighted by atomic mass is 9.84. The summed E-state index contributed by atoms with van der Waals surface area (Å²) < 4.78 is 8.14. The second kappa shape index (κ2) is 28.9. The lowest BCUT2D eigenvalue weighted by molar-refractivity contribution is 0.591. The number of benzene rings is 18. The van der Waals surface area contributed by atoms with E-state index in [4.69, 9.17) is 0 Å². The van der Waals surface area contributed by atoms with Gasteiger partial charge in [0.05, 0.1) is 0 Å². The van der Waals surface area contributed by atoms with Gasteiger partial charge in [0, 0.05) is 60.5 Å². The summed E-state index contributed by atoms with van der Waals surface area (Å²) in [4.78, 5) is 0. The van der Waals surface area contributed by atoms with Crippen LogP contribution in [0.25, 0.3) is 192 Å². The van der Waals surface area contributed by atoms with Gasteiger partial charge >= 0.3 is 0 Å². The summed E-state index contributed by atoms with van der Waals surface area (Å²) >= 11 is 5.67. The van der Waals surface area contributed by atoms with Crippen molar-refractivity contribution >= 4 is 159 Å². The van der Waals surface area contributed by atoms with Gasteiger partial charge in [0.25, 0.3) is 0 Å². The van der Waals surface area contributed by atoms with Crippen LogP contribution in [0.3, 0.4) is 0 Å². The van der Waals surface area contributed by atoms with E-state index in [9.17, 15) is 0 Å². The Morgan fingerprint density at radius 3 is 0.919 bits per heavy atom. The Morgan fingerprint density at radius 1 is 0.252 bits per heavy atom. The van der Waals surface area contributed by atoms with Crippen LogP contribution in [0.1, 0.15) is 77.5 Å². The topological polar surface area (TPSA) is 0 Å². The molecule has 3 heterocycles. The van der Waals surface area contributed by atoms with Gasteiger partial charge in [-0.3, -0.25) is 0 Å². The molecule has 0 spiro atoms. The summed E-state index contributed by atoms with van der Waals surface area (Å²) in [7, 11) is 0. The van der Waals surface area contributed by atoms with Gasteiger partial charge in [0.1, 0.15) is 0 Å². The quantitative estimate of drug-likeness (QED) is 0.120. The summed E-state index contributed by atoms with van der Waals surface area (Å²) in [6, 6.07) is 128. The number of thiophene rings is 3. The monoisotopic (exact) mass is 1480 g/mol. The molecule has 1 unspecified atom stereocenters. The van der Waals surface area contributed by atoms with Crippen molar-refractivity contribution < 1.29 is 0 Å². The molecule has 0 N–H and O–H groups in total. The minimum absolute atomic E-state index is 0.126. The highest BCUT2D eigenvalue weighted by atomic mass is 32.1. The van der Waals surface area contributed by atoms with Crippen LogP contribution in [0.15, 0.2) is 346 Å². The first-order chi connectivity index (χ1) is 54.3. The van der Waals surface area contributed by atoms with Crippen LogP contribution in [-0.4, -0.2) is 0 Å². The van der Waals surface area contributed by atoms with Crippen molar-refractivity contribution in [3.8, 4) is 66.8 Å². The van der Waals surface area contributed by atoms with E-state index in [1.807, 2.05) is 34.0 Å². The fraction of sp³-hybridized carbons (Fsp3) is 0.111. The molecule has 3 heteroatoms. The third kappa shape index (κ3) is 12.9. The molecule has 18 aromatic carbocycles. The van der Waals surface area contributed by atoms with E-state index in [1.165, 1.54) is 209 Å². The molecule has 0 aliphatic rings. The smallest absolute Gasteiger partial charge is 0.0433 e. The SMILES string of the molecule is CC(C)(C)c1ccc2cc(-c3ccc(-c4cccc5c4sc4ccccc45)cc3)c3ccccc3c2c1.CC(C)Cc1ccc2cc(-c3ccc(-c4cccc5c4sc4ccccc45)cc3)c3ccccc3c2c1.CCC(C)c1ccc2cc(-c3ccc(-c4cccc5c4sc4ccccc45)cc3)c3ccccc3c2c1. The molecular formula is C108H84S3. The zero-order valence-electron chi connectivity index (χ0n) is 63.7. The lowest BCUT2D eigenvalue weighted by Gasteiger charge is -2.20. The Morgan fingerprint density at radius 2 is 0.559 bits per heavy atom. The van der Waals surface area contributed by atoms with Crippen molar-refractivity contribution in [3.05, 3.63) is 362 Å². The van der Waals surface area contributed by atoms with Crippen LogP contribution in [0.4, 0.5) is 0 Å². The minimum atomic E-state index is 0.126. The summed E-state index contributed by atoms with van der Waals surface area (Å²) in [5.74, 6) is 1.22.